The molecule has 4 aliphatic rings. The molecule has 2 aromatic rings. The van der Waals surface area contributed by atoms with Gasteiger partial charge >= 0.3 is 11.9 Å². The maximum Gasteiger partial charge on any atom is 0.338 e. The highest BCUT2D eigenvalue weighted by Gasteiger charge is 2.68. The van der Waals surface area contributed by atoms with Crippen LogP contribution in [0.25, 0.3) is 0 Å². The fraction of sp³-hybridized carbons (Fsp3) is 0.500. The summed E-state index contributed by atoms with van der Waals surface area (Å²) < 4.78 is 38.9. The Morgan fingerprint density at radius 1 is 1.27 bits per heavy atom. The van der Waals surface area contributed by atoms with Gasteiger partial charge in [-0.1, -0.05) is 19.9 Å². The average Bonchev–Trinajstić information content (AvgIpc) is 3.74. The number of halogens is 3. The molecule has 1 aliphatic carbocycles. The summed E-state index contributed by atoms with van der Waals surface area (Å²) in [6.45, 7) is 5.27. The first-order chi connectivity index (χ1) is 19.8. The number of likely N-dealkylation sites (tertiary alicyclic amines) is 1. The fourth-order valence-corrected chi connectivity index (χ4v) is 6.97. The first-order valence-corrected chi connectivity index (χ1v) is 14.9. The molecule has 0 bridgehead atoms. The van der Waals surface area contributed by atoms with E-state index < -0.39 is 35.5 Å². The summed E-state index contributed by atoms with van der Waals surface area (Å²) in [7, 11) is 1.25. The molecule has 2 N–H and O–H groups in total. The molecule has 1 spiro atoms. The number of thiazole rings is 1. The number of aliphatic imine (C=N–C) groups is 1. The van der Waals surface area contributed by atoms with E-state index in [1.807, 2.05) is 13.8 Å². The number of esters is 1. The zero-order chi connectivity index (χ0) is 29.9. The minimum atomic E-state index is -1.05. The van der Waals surface area contributed by atoms with Crippen LogP contribution in [0.15, 0.2) is 46.0 Å². The van der Waals surface area contributed by atoms with Crippen LogP contribution in [0.3, 0.4) is 0 Å². The number of methoxy groups -OCH3 is 1. The lowest BCUT2D eigenvalue weighted by Crippen LogP contribution is -2.69. The van der Waals surface area contributed by atoms with Gasteiger partial charge in [0.1, 0.15) is 6.04 Å². The van der Waals surface area contributed by atoms with E-state index in [0.717, 1.165) is 12.1 Å². The second kappa shape index (κ2) is 12.9. The maximum absolute atomic E-state index is 14.2. The van der Waals surface area contributed by atoms with Crippen LogP contribution in [0.4, 0.5) is 8.78 Å². The van der Waals surface area contributed by atoms with Gasteiger partial charge < -0.3 is 19.9 Å². The molecule has 41 heavy (non-hydrogen) atoms. The molecule has 13 heteroatoms. The Balaban J connectivity index is 0.000000929. The summed E-state index contributed by atoms with van der Waals surface area (Å²) in [5.74, 6) is -3.56. The lowest BCUT2D eigenvalue weighted by atomic mass is 9.68. The third-order valence-corrected chi connectivity index (χ3v) is 8.80. The number of carboxylic acid groups (broad SMARTS) is 1. The van der Waals surface area contributed by atoms with E-state index in [4.69, 9.17) is 9.47 Å². The number of rotatable bonds is 6. The van der Waals surface area contributed by atoms with Gasteiger partial charge in [0.15, 0.2) is 22.5 Å². The van der Waals surface area contributed by atoms with E-state index in [1.165, 1.54) is 30.9 Å². The highest BCUT2D eigenvalue weighted by atomic mass is 35.5. The Kier molecular flexibility index (Phi) is 9.78. The van der Waals surface area contributed by atoms with Crippen molar-refractivity contribution in [3.63, 3.8) is 0 Å². The molecule has 6 rings (SSSR count). The topological polar surface area (TPSA) is 113 Å². The lowest BCUT2D eigenvalue weighted by molar-refractivity contribution is -0.141. The molecule has 2 saturated heterocycles. The number of aliphatic carboxylic acids is 1. The Morgan fingerprint density at radius 3 is 2.66 bits per heavy atom. The third kappa shape index (κ3) is 5.50. The quantitative estimate of drug-likeness (QED) is 0.366. The van der Waals surface area contributed by atoms with Gasteiger partial charge in [-0.2, -0.15) is 0 Å². The summed E-state index contributed by atoms with van der Waals surface area (Å²) in [6, 6.07) is 2.47. The number of carbonyl (C=O) groups excluding carboxylic acids is 1. The van der Waals surface area contributed by atoms with Crippen molar-refractivity contribution in [3.05, 3.63) is 63.3 Å². The van der Waals surface area contributed by atoms with Gasteiger partial charge in [-0.25, -0.2) is 18.6 Å². The summed E-state index contributed by atoms with van der Waals surface area (Å²) in [4.78, 5) is 36.1. The van der Waals surface area contributed by atoms with Gasteiger partial charge in [0, 0.05) is 47.7 Å². The predicted molar refractivity (Wildman–Crippen MR) is 151 cm³/mol. The second-order valence-electron chi connectivity index (χ2n) is 9.83. The van der Waals surface area contributed by atoms with Crippen molar-refractivity contribution in [2.24, 2.45) is 16.3 Å². The molecule has 3 fully saturated rings. The first-order valence-electron chi connectivity index (χ1n) is 13.3. The number of nitrogens with zero attached hydrogens (tertiary/aromatic N) is 3. The highest BCUT2D eigenvalue weighted by molar-refractivity contribution is 7.11. The van der Waals surface area contributed by atoms with Gasteiger partial charge in [-0.15, -0.1) is 22.9 Å². The van der Waals surface area contributed by atoms with Crippen LogP contribution in [-0.4, -0.2) is 78.1 Å². The molecule has 0 radical (unpaired) electrons. The van der Waals surface area contributed by atoms with E-state index in [1.54, 1.807) is 11.6 Å². The molecule has 3 aliphatic heterocycles. The molecule has 222 valence electrons. The van der Waals surface area contributed by atoms with Crippen LogP contribution in [0.1, 0.15) is 43.3 Å². The number of carbonyl (C=O) groups is 2. The van der Waals surface area contributed by atoms with Crippen LogP contribution < -0.4 is 5.32 Å². The number of benzene rings is 1. The van der Waals surface area contributed by atoms with Gasteiger partial charge in [0.25, 0.3) is 0 Å². The predicted octanol–water partition coefficient (Wildman–Crippen LogP) is 4.38. The van der Waals surface area contributed by atoms with Crippen LogP contribution in [0, 0.1) is 23.0 Å². The van der Waals surface area contributed by atoms with Crippen molar-refractivity contribution in [3.8, 4) is 0 Å². The summed E-state index contributed by atoms with van der Waals surface area (Å²) >= 11 is 5.98. The highest BCUT2D eigenvalue weighted by Crippen LogP contribution is 2.59. The van der Waals surface area contributed by atoms with Gasteiger partial charge in [0.2, 0.25) is 0 Å². The van der Waals surface area contributed by atoms with Crippen LogP contribution >= 0.6 is 22.9 Å². The number of hydrogen-bond acceptors (Lipinski definition) is 9. The van der Waals surface area contributed by atoms with Gasteiger partial charge in [-0.05, 0) is 30.5 Å². The zero-order valence-corrected chi connectivity index (χ0v) is 24.8. The number of hydrogen-bond donors (Lipinski definition) is 2. The van der Waals surface area contributed by atoms with Crippen molar-refractivity contribution in [2.45, 2.75) is 44.8 Å². The third-order valence-electron chi connectivity index (χ3n) is 8.02. The minimum absolute atomic E-state index is 0.0129. The van der Waals surface area contributed by atoms with Crippen molar-refractivity contribution < 1.29 is 33.0 Å². The smallest absolute Gasteiger partial charge is 0.338 e. The van der Waals surface area contributed by atoms with Crippen molar-refractivity contribution in [1.82, 2.24) is 15.2 Å². The zero-order valence-electron chi connectivity index (χ0n) is 23.2. The molecule has 1 saturated carbocycles. The fourth-order valence-electron chi connectivity index (χ4n) is 6.38. The maximum atomic E-state index is 14.2. The Morgan fingerprint density at radius 2 is 2.02 bits per heavy atom. The van der Waals surface area contributed by atoms with Crippen LogP contribution in [0.5, 0.6) is 0 Å². The molecule has 5 atom stereocenters. The molecule has 9 nitrogen and oxygen atoms in total. The van der Waals surface area contributed by atoms with Crippen LogP contribution in [0.2, 0.25) is 0 Å². The molecule has 5 unspecified atom stereocenters. The van der Waals surface area contributed by atoms with Crippen molar-refractivity contribution in [1.29, 1.82) is 0 Å². The molecule has 1 aromatic heterocycles. The standard InChI is InChI=1S/C25H24F2N4O5S.C2H6.CH3Cl/c1-35-24(34)19-16(9-31-17-7-13(23(32)33)8-25(17)11-36-10-18(25)31)29-21(22-28-4-5-37-22)30-20(19)12-2-3-14(26)15(27)6-12;2*1-2/h2-6,13,17-18,20H,7-11H2,1H3,(H,29,30)(H,32,33);1-2H3;1H3. The monoisotopic (exact) mass is 610 g/mol. The van der Waals surface area contributed by atoms with E-state index in [-0.39, 0.29) is 29.6 Å². The second-order valence-corrected chi connectivity index (χ2v) is 10.7. The molecular formula is C28H33ClF2N4O5S. The van der Waals surface area contributed by atoms with Crippen LogP contribution in [-0.2, 0) is 19.1 Å². The van der Waals surface area contributed by atoms with Gasteiger partial charge in [0.05, 0.1) is 31.8 Å². The van der Waals surface area contributed by atoms with Crippen molar-refractivity contribution >= 4 is 40.7 Å². The number of ether oxygens (including phenoxy) is 2. The summed E-state index contributed by atoms with van der Waals surface area (Å²) in [5.41, 5.74) is 0.760. The van der Waals surface area contributed by atoms with E-state index in [2.05, 4.69) is 31.8 Å². The number of alkyl halides is 1. The summed E-state index contributed by atoms with van der Waals surface area (Å²) in [6.07, 6.45) is 4.16. The largest absolute Gasteiger partial charge is 0.481 e. The Hall–Kier alpha value is -2.93. The van der Waals surface area contributed by atoms with E-state index >= 15 is 0 Å². The lowest BCUT2D eigenvalue weighted by Gasteiger charge is -2.57. The summed E-state index contributed by atoms with van der Waals surface area (Å²) in [5, 5.41) is 15.3. The van der Waals surface area contributed by atoms with E-state index in [9.17, 15) is 23.5 Å². The SMILES string of the molecule is CC.CCl.COC(=O)C1=C(CN2C3COCC34CC(C(=O)O)CC24)NC(c2nccs2)=NC1c1ccc(F)c(F)c1. The molecular weight excluding hydrogens is 578 g/mol. The minimum Gasteiger partial charge on any atom is -0.481 e. The normalized spacial score (nSPS) is 28.0. The van der Waals surface area contributed by atoms with E-state index in [0.29, 0.717) is 48.2 Å². The number of aromatic nitrogens is 1. The van der Waals surface area contributed by atoms with Crippen molar-refractivity contribution in [2.75, 3.05) is 33.3 Å². The number of nitrogens with one attached hydrogen (secondary N) is 1. The molecule has 0 amide bonds. The number of carboxylic acids is 1. The first kappa shape index (κ1) is 31.0. The average molecular weight is 611 g/mol. The Labute approximate surface area is 246 Å². The molecule has 4 heterocycles. The number of amidine groups is 1. The van der Waals surface area contributed by atoms with Gasteiger partial charge in [-0.3, -0.25) is 14.7 Å². The Bertz CT molecular complexity index is 1340. The molecule has 1 aromatic carbocycles.